The van der Waals surface area contributed by atoms with E-state index in [-0.39, 0.29) is 12.1 Å². The van der Waals surface area contributed by atoms with Crippen LogP contribution in [0.5, 0.6) is 0 Å². The fourth-order valence-electron chi connectivity index (χ4n) is 2.20. The van der Waals surface area contributed by atoms with Gasteiger partial charge in [0, 0.05) is 12.2 Å². The lowest BCUT2D eigenvalue weighted by atomic mass is 10.1. The van der Waals surface area contributed by atoms with Crippen molar-refractivity contribution in [3.8, 4) is 0 Å². The minimum absolute atomic E-state index is 0.150. The van der Waals surface area contributed by atoms with Crippen molar-refractivity contribution in [1.82, 2.24) is 5.32 Å². The van der Waals surface area contributed by atoms with Gasteiger partial charge in [-0.15, -0.1) is 0 Å². The number of nitrogens with zero attached hydrogens (tertiary/aromatic N) is 1. The number of benzene rings is 1. The molecule has 0 saturated carbocycles. The van der Waals surface area contributed by atoms with Crippen molar-refractivity contribution in [2.24, 2.45) is 0 Å². The fourth-order valence-corrected chi connectivity index (χ4v) is 2.20. The van der Waals surface area contributed by atoms with Gasteiger partial charge >= 0.3 is 12.1 Å². The summed E-state index contributed by atoms with van der Waals surface area (Å²) in [5, 5.41) is 10.7. The summed E-state index contributed by atoms with van der Waals surface area (Å²) in [5.41, 5.74) is 1.61. The third-order valence-electron chi connectivity index (χ3n) is 3.14. The number of rotatable bonds is 4. The number of hydrogen-bond donors (Lipinski definition) is 2. The van der Waals surface area contributed by atoms with Crippen LogP contribution < -0.4 is 10.2 Å². The van der Waals surface area contributed by atoms with Crippen molar-refractivity contribution in [3.05, 3.63) is 29.3 Å². The number of halogens is 3. The first kappa shape index (κ1) is 15.1. The first-order chi connectivity index (χ1) is 9.76. The van der Waals surface area contributed by atoms with Gasteiger partial charge in [-0.2, -0.15) is 13.2 Å². The molecule has 5 nitrogen and oxygen atoms in total. The normalized spacial score (nSPS) is 14.0. The van der Waals surface area contributed by atoms with Gasteiger partial charge in [-0.3, -0.25) is 4.79 Å². The highest BCUT2D eigenvalue weighted by Crippen LogP contribution is 2.28. The number of fused-ring (bicyclic) bond motifs is 1. The molecule has 0 spiro atoms. The standard InChI is InChI=1S/C13H13F3N2O3/c14-13(15,16)7-17-11(19)6-18-4-3-8-5-9(12(20)21)1-2-10(8)18/h1-2,5H,3-4,6-7H2,(H,17,19)(H,20,21). The molecule has 114 valence electrons. The lowest BCUT2D eigenvalue weighted by Gasteiger charge is -2.19. The molecular weight excluding hydrogens is 289 g/mol. The van der Waals surface area contributed by atoms with Crippen molar-refractivity contribution in [1.29, 1.82) is 0 Å². The summed E-state index contributed by atoms with van der Waals surface area (Å²) in [6, 6.07) is 4.50. The summed E-state index contributed by atoms with van der Waals surface area (Å²) in [7, 11) is 0. The number of anilines is 1. The van der Waals surface area contributed by atoms with Gasteiger partial charge in [0.2, 0.25) is 5.91 Å². The zero-order valence-electron chi connectivity index (χ0n) is 10.9. The Labute approximate surface area is 118 Å². The molecule has 1 aliphatic heterocycles. The Hall–Kier alpha value is -2.25. The van der Waals surface area contributed by atoms with Crippen LogP contribution in [0.25, 0.3) is 0 Å². The predicted molar refractivity (Wildman–Crippen MR) is 68.4 cm³/mol. The quantitative estimate of drug-likeness (QED) is 0.882. The third-order valence-corrected chi connectivity index (χ3v) is 3.14. The first-order valence-electron chi connectivity index (χ1n) is 6.21. The molecule has 1 aliphatic rings. The lowest BCUT2D eigenvalue weighted by Crippen LogP contribution is -2.40. The number of aromatic carboxylic acids is 1. The molecule has 2 rings (SSSR count). The maximum Gasteiger partial charge on any atom is 0.405 e. The zero-order chi connectivity index (χ0) is 15.6. The minimum atomic E-state index is -4.44. The van der Waals surface area contributed by atoms with Crippen LogP contribution in [0.2, 0.25) is 0 Å². The van der Waals surface area contributed by atoms with Crippen molar-refractivity contribution in [2.75, 3.05) is 24.5 Å². The second-order valence-corrected chi connectivity index (χ2v) is 4.71. The fraction of sp³-hybridized carbons (Fsp3) is 0.385. The molecular formula is C13H13F3N2O3. The summed E-state index contributed by atoms with van der Waals surface area (Å²) in [5.74, 6) is -1.76. The number of carbonyl (C=O) groups excluding carboxylic acids is 1. The number of nitrogens with one attached hydrogen (secondary N) is 1. The number of carboxylic acid groups (broad SMARTS) is 1. The van der Waals surface area contributed by atoms with Gasteiger partial charge in [0.25, 0.3) is 0 Å². The Morgan fingerprint density at radius 2 is 2.05 bits per heavy atom. The van der Waals surface area contributed by atoms with E-state index in [1.807, 2.05) is 5.32 Å². The molecule has 21 heavy (non-hydrogen) atoms. The molecule has 0 radical (unpaired) electrons. The van der Waals surface area contributed by atoms with Crippen LogP contribution in [0.1, 0.15) is 15.9 Å². The molecule has 1 amide bonds. The zero-order valence-corrected chi connectivity index (χ0v) is 10.9. The number of amides is 1. The summed E-state index contributed by atoms with van der Waals surface area (Å²) < 4.78 is 36.0. The Morgan fingerprint density at radius 1 is 1.33 bits per heavy atom. The molecule has 0 saturated heterocycles. The maximum atomic E-state index is 12.0. The Balaban J connectivity index is 2.00. The smallest absolute Gasteiger partial charge is 0.405 e. The van der Waals surface area contributed by atoms with E-state index in [1.54, 1.807) is 11.0 Å². The van der Waals surface area contributed by atoms with E-state index in [0.29, 0.717) is 18.7 Å². The lowest BCUT2D eigenvalue weighted by molar-refractivity contribution is -0.137. The molecule has 0 unspecified atom stereocenters. The van der Waals surface area contributed by atoms with Crippen molar-refractivity contribution in [3.63, 3.8) is 0 Å². The highest BCUT2D eigenvalue weighted by atomic mass is 19.4. The third kappa shape index (κ3) is 3.87. The van der Waals surface area contributed by atoms with Crippen LogP contribution in [0, 0.1) is 0 Å². The number of carboxylic acids is 1. The van der Waals surface area contributed by atoms with Gasteiger partial charge in [0.1, 0.15) is 6.54 Å². The largest absolute Gasteiger partial charge is 0.478 e. The van der Waals surface area contributed by atoms with Gasteiger partial charge in [-0.25, -0.2) is 4.79 Å². The molecule has 1 heterocycles. The first-order valence-corrected chi connectivity index (χ1v) is 6.21. The minimum Gasteiger partial charge on any atom is -0.478 e. The van der Waals surface area contributed by atoms with Crippen LogP contribution >= 0.6 is 0 Å². The van der Waals surface area contributed by atoms with Crippen LogP contribution in [0.15, 0.2) is 18.2 Å². The monoisotopic (exact) mass is 302 g/mol. The van der Waals surface area contributed by atoms with Gasteiger partial charge in [0.15, 0.2) is 0 Å². The number of carbonyl (C=O) groups is 2. The molecule has 2 N–H and O–H groups in total. The van der Waals surface area contributed by atoms with Crippen LogP contribution in [0.3, 0.4) is 0 Å². The molecule has 0 aliphatic carbocycles. The van der Waals surface area contributed by atoms with Gasteiger partial charge in [-0.05, 0) is 30.2 Å². The van der Waals surface area contributed by atoms with Crippen molar-refractivity contribution in [2.45, 2.75) is 12.6 Å². The van der Waals surface area contributed by atoms with Gasteiger partial charge in [-0.1, -0.05) is 0 Å². The van der Waals surface area contributed by atoms with E-state index in [9.17, 15) is 22.8 Å². The van der Waals surface area contributed by atoms with E-state index in [2.05, 4.69) is 0 Å². The summed E-state index contributed by atoms with van der Waals surface area (Å²) in [6.45, 7) is -1.07. The molecule has 0 bridgehead atoms. The average Bonchev–Trinajstić information content (AvgIpc) is 2.78. The van der Waals surface area contributed by atoms with Crippen molar-refractivity contribution < 1.29 is 27.9 Å². The topological polar surface area (TPSA) is 69.6 Å². The second-order valence-electron chi connectivity index (χ2n) is 4.71. The summed E-state index contributed by atoms with van der Waals surface area (Å²) in [4.78, 5) is 24.0. The Bertz CT molecular complexity index is 572. The van der Waals surface area contributed by atoms with E-state index < -0.39 is 24.6 Å². The average molecular weight is 302 g/mol. The summed E-state index contributed by atoms with van der Waals surface area (Å²) >= 11 is 0. The Kier molecular flexibility index (Phi) is 4.06. The van der Waals surface area contributed by atoms with Crippen LogP contribution in [-0.4, -0.2) is 42.8 Å². The maximum absolute atomic E-state index is 12.0. The highest BCUT2D eigenvalue weighted by molar-refractivity contribution is 5.89. The van der Waals surface area contributed by atoms with E-state index >= 15 is 0 Å². The second kappa shape index (κ2) is 5.63. The van der Waals surface area contributed by atoms with Crippen molar-refractivity contribution >= 4 is 17.6 Å². The summed E-state index contributed by atoms with van der Waals surface area (Å²) in [6.07, 6.45) is -3.88. The Morgan fingerprint density at radius 3 is 2.67 bits per heavy atom. The molecule has 8 heteroatoms. The SMILES string of the molecule is O=C(CN1CCc2cc(C(=O)O)ccc21)NCC(F)(F)F. The van der Waals surface area contributed by atoms with Gasteiger partial charge in [0.05, 0.1) is 12.1 Å². The molecule has 0 fully saturated rings. The number of alkyl halides is 3. The molecule has 1 aromatic rings. The van der Waals surface area contributed by atoms with E-state index in [4.69, 9.17) is 5.11 Å². The van der Waals surface area contributed by atoms with Gasteiger partial charge < -0.3 is 15.3 Å². The van der Waals surface area contributed by atoms with Crippen LogP contribution in [-0.2, 0) is 11.2 Å². The van der Waals surface area contributed by atoms with Crippen LogP contribution in [0.4, 0.5) is 18.9 Å². The molecule has 1 aromatic carbocycles. The van der Waals surface area contributed by atoms with E-state index in [1.165, 1.54) is 12.1 Å². The predicted octanol–water partition coefficient (Wildman–Crippen LogP) is 1.43. The number of hydrogen-bond acceptors (Lipinski definition) is 3. The molecule has 0 aromatic heterocycles. The van der Waals surface area contributed by atoms with E-state index in [0.717, 1.165) is 5.56 Å². The molecule has 0 atom stereocenters. The highest BCUT2D eigenvalue weighted by Gasteiger charge is 2.28.